The van der Waals surface area contributed by atoms with Crippen molar-refractivity contribution in [1.82, 2.24) is 20.6 Å². The fourth-order valence-electron chi connectivity index (χ4n) is 2.97. The quantitative estimate of drug-likeness (QED) is 0.507. The first-order chi connectivity index (χ1) is 13.2. The standard InChI is InChI=1S/C20H17N5O2/c26-16-9-8-14-7-5-13(11-15(14)12-16)6-10-19(27)21-18-4-2-1-3-17(18)20-22-24-25-23-20/h1-5,7-9,11-12,26H,6,10H2,(H,21,27)(H,22,23,24,25). The molecule has 0 atom stereocenters. The van der Waals surface area contributed by atoms with Crippen molar-refractivity contribution in [1.29, 1.82) is 0 Å². The Kier molecular flexibility index (Phi) is 4.49. The summed E-state index contributed by atoms with van der Waals surface area (Å²) >= 11 is 0. The third-order valence-electron chi connectivity index (χ3n) is 4.32. The molecule has 0 saturated carbocycles. The molecule has 0 unspecified atom stereocenters. The highest BCUT2D eigenvalue weighted by molar-refractivity contribution is 5.94. The largest absolute Gasteiger partial charge is 0.508 e. The number of hydrogen-bond donors (Lipinski definition) is 3. The number of hydrogen-bond acceptors (Lipinski definition) is 5. The molecule has 1 amide bonds. The summed E-state index contributed by atoms with van der Waals surface area (Å²) in [7, 11) is 0. The molecular weight excluding hydrogens is 342 g/mol. The fraction of sp³-hybridized carbons (Fsp3) is 0.100. The Bertz CT molecular complexity index is 1090. The summed E-state index contributed by atoms with van der Waals surface area (Å²) in [5.74, 6) is 0.567. The predicted molar refractivity (Wildman–Crippen MR) is 102 cm³/mol. The van der Waals surface area contributed by atoms with Crippen LogP contribution in [0.5, 0.6) is 5.75 Å². The van der Waals surface area contributed by atoms with Crippen molar-refractivity contribution in [2.24, 2.45) is 0 Å². The summed E-state index contributed by atoms with van der Waals surface area (Å²) in [6.45, 7) is 0. The average Bonchev–Trinajstić information content (AvgIpc) is 3.21. The monoisotopic (exact) mass is 359 g/mol. The normalized spacial score (nSPS) is 10.8. The van der Waals surface area contributed by atoms with Gasteiger partial charge in [0.25, 0.3) is 0 Å². The lowest BCUT2D eigenvalue weighted by Crippen LogP contribution is -2.13. The maximum atomic E-state index is 12.4. The molecule has 7 nitrogen and oxygen atoms in total. The van der Waals surface area contributed by atoms with E-state index in [4.69, 9.17) is 0 Å². The van der Waals surface area contributed by atoms with Gasteiger partial charge in [-0.2, -0.15) is 5.21 Å². The van der Waals surface area contributed by atoms with Gasteiger partial charge in [0.1, 0.15) is 5.75 Å². The molecule has 7 heteroatoms. The minimum Gasteiger partial charge on any atom is -0.508 e. The molecule has 27 heavy (non-hydrogen) atoms. The number of aromatic hydroxyl groups is 1. The zero-order chi connectivity index (χ0) is 18.6. The Morgan fingerprint density at radius 1 is 1.04 bits per heavy atom. The molecule has 0 fully saturated rings. The van der Waals surface area contributed by atoms with Gasteiger partial charge in [-0.3, -0.25) is 4.79 Å². The van der Waals surface area contributed by atoms with Crippen molar-refractivity contribution >= 4 is 22.4 Å². The van der Waals surface area contributed by atoms with Crippen LogP contribution >= 0.6 is 0 Å². The van der Waals surface area contributed by atoms with Crippen LogP contribution in [0.2, 0.25) is 0 Å². The number of amides is 1. The van der Waals surface area contributed by atoms with Gasteiger partial charge in [0.15, 0.2) is 0 Å². The van der Waals surface area contributed by atoms with Gasteiger partial charge in [0.2, 0.25) is 11.7 Å². The van der Waals surface area contributed by atoms with E-state index in [1.54, 1.807) is 12.1 Å². The zero-order valence-corrected chi connectivity index (χ0v) is 14.4. The zero-order valence-electron chi connectivity index (χ0n) is 14.4. The van der Waals surface area contributed by atoms with Crippen molar-refractivity contribution in [2.75, 3.05) is 5.32 Å². The number of phenolic OH excluding ortho intramolecular Hbond substituents is 1. The lowest BCUT2D eigenvalue weighted by molar-refractivity contribution is -0.116. The van der Waals surface area contributed by atoms with Crippen LogP contribution in [-0.2, 0) is 11.2 Å². The molecule has 3 N–H and O–H groups in total. The van der Waals surface area contributed by atoms with Gasteiger partial charge < -0.3 is 10.4 Å². The molecule has 4 rings (SSSR count). The van der Waals surface area contributed by atoms with Gasteiger partial charge in [0.05, 0.1) is 5.69 Å². The molecule has 4 aromatic rings. The first-order valence-corrected chi connectivity index (χ1v) is 8.53. The minimum atomic E-state index is -0.0954. The summed E-state index contributed by atoms with van der Waals surface area (Å²) in [5, 5.41) is 28.4. The predicted octanol–water partition coefficient (Wildman–Crippen LogP) is 3.30. The van der Waals surface area contributed by atoms with Gasteiger partial charge >= 0.3 is 0 Å². The van der Waals surface area contributed by atoms with Crippen molar-refractivity contribution < 1.29 is 9.90 Å². The first kappa shape index (κ1) is 16.7. The lowest BCUT2D eigenvalue weighted by atomic mass is 10.0. The Morgan fingerprint density at radius 2 is 1.89 bits per heavy atom. The van der Waals surface area contributed by atoms with E-state index in [0.29, 0.717) is 29.9 Å². The van der Waals surface area contributed by atoms with E-state index in [9.17, 15) is 9.90 Å². The molecule has 0 bridgehead atoms. The topological polar surface area (TPSA) is 104 Å². The highest BCUT2D eigenvalue weighted by Crippen LogP contribution is 2.25. The molecular formula is C20H17N5O2. The second-order valence-electron chi connectivity index (χ2n) is 6.19. The van der Waals surface area contributed by atoms with Crippen LogP contribution in [0.15, 0.2) is 60.7 Å². The van der Waals surface area contributed by atoms with Crippen LogP contribution in [-0.4, -0.2) is 31.6 Å². The van der Waals surface area contributed by atoms with Crippen molar-refractivity contribution in [3.05, 3.63) is 66.2 Å². The lowest BCUT2D eigenvalue weighted by Gasteiger charge is -2.09. The number of benzene rings is 3. The van der Waals surface area contributed by atoms with Gasteiger partial charge in [-0.1, -0.05) is 36.4 Å². The number of phenols is 1. The Labute approximate surface area is 155 Å². The molecule has 3 aromatic carbocycles. The maximum absolute atomic E-state index is 12.4. The number of fused-ring (bicyclic) bond motifs is 1. The summed E-state index contributed by atoms with van der Waals surface area (Å²) < 4.78 is 0. The van der Waals surface area contributed by atoms with Crippen molar-refractivity contribution in [3.63, 3.8) is 0 Å². The number of aryl methyl sites for hydroxylation is 1. The van der Waals surface area contributed by atoms with Crippen LogP contribution < -0.4 is 5.32 Å². The number of rotatable bonds is 5. The van der Waals surface area contributed by atoms with Crippen LogP contribution in [0.3, 0.4) is 0 Å². The van der Waals surface area contributed by atoms with E-state index in [1.807, 2.05) is 48.5 Å². The third-order valence-corrected chi connectivity index (χ3v) is 4.32. The fourth-order valence-corrected chi connectivity index (χ4v) is 2.97. The summed E-state index contributed by atoms with van der Waals surface area (Å²) in [6, 6.07) is 18.6. The summed E-state index contributed by atoms with van der Waals surface area (Å²) in [6.07, 6.45) is 0.937. The van der Waals surface area contributed by atoms with Crippen molar-refractivity contribution in [2.45, 2.75) is 12.8 Å². The highest BCUT2D eigenvalue weighted by Gasteiger charge is 2.11. The summed E-state index contributed by atoms with van der Waals surface area (Å²) in [5.41, 5.74) is 2.39. The number of tetrazole rings is 1. The molecule has 0 saturated heterocycles. The van der Waals surface area contributed by atoms with E-state index in [-0.39, 0.29) is 11.7 Å². The molecule has 0 aliphatic carbocycles. The van der Waals surface area contributed by atoms with Gasteiger partial charge in [-0.05, 0) is 52.2 Å². The van der Waals surface area contributed by atoms with Gasteiger partial charge in [-0.15, -0.1) is 10.2 Å². The van der Waals surface area contributed by atoms with Crippen LogP contribution in [0.4, 0.5) is 5.69 Å². The van der Waals surface area contributed by atoms with E-state index < -0.39 is 0 Å². The molecule has 134 valence electrons. The van der Waals surface area contributed by atoms with Crippen LogP contribution in [0.1, 0.15) is 12.0 Å². The SMILES string of the molecule is O=C(CCc1ccc2ccc(O)cc2c1)Nc1ccccc1-c1nn[nH]n1. The van der Waals surface area contributed by atoms with Crippen LogP contribution in [0.25, 0.3) is 22.2 Å². The Balaban J connectivity index is 1.45. The van der Waals surface area contributed by atoms with Gasteiger partial charge in [-0.25, -0.2) is 0 Å². The molecule has 1 aromatic heterocycles. The van der Waals surface area contributed by atoms with E-state index in [1.165, 1.54) is 0 Å². The van der Waals surface area contributed by atoms with Gasteiger partial charge in [0, 0.05) is 12.0 Å². The minimum absolute atomic E-state index is 0.0954. The van der Waals surface area contributed by atoms with E-state index in [2.05, 4.69) is 25.9 Å². The molecule has 0 spiro atoms. The number of aromatic amines is 1. The molecule has 0 radical (unpaired) electrons. The van der Waals surface area contributed by atoms with E-state index in [0.717, 1.165) is 16.3 Å². The van der Waals surface area contributed by atoms with Crippen molar-refractivity contribution in [3.8, 4) is 17.1 Å². The number of para-hydroxylation sites is 1. The third kappa shape index (κ3) is 3.77. The second kappa shape index (κ2) is 7.25. The number of H-pyrrole nitrogens is 1. The average molecular weight is 359 g/mol. The summed E-state index contributed by atoms with van der Waals surface area (Å²) in [4.78, 5) is 12.4. The molecule has 0 aliphatic heterocycles. The first-order valence-electron chi connectivity index (χ1n) is 8.53. The number of nitrogens with zero attached hydrogens (tertiary/aromatic N) is 3. The van der Waals surface area contributed by atoms with Crippen LogP contribution in [0, 0.1) is 0 Å². The highest BCUT2D eigenvalue weighted by atomic mass is 16.3. The Hall–Kier alpha value is -3.74. The second-order valence-corrected chi connectivity index (χ2v) is 6.19. The molecule has 0 aliphatic rings. The smallest absolute Gasteiger partial charge is 0.224 e. The number of anilines is 1. The number of carbonyl (C=O) groups excluding carboxylic acids is 1. The number of aromatic nitrogens is 4. The maximum Gasteiger partial charge on any atom is 0.224 e. The molecule has 1 heterocycles. The number of nitrogens with one attached hydrogen (secondary N) is 2. The Morgan fingerprint density at radius 3 is 2.74 bits per heavy atom. The number of carbonyl (C=O) groups is 1. The van der Waals surface area contributed by atoms with E-state index >= 15 is 0 Å².